The predicted molar refractivity (Wildman–Crippen MR) is 60.6 cm³/mol. The SMILES string of the molecule is Cc1cccc(C[NH2+]C[C@@H]2CCCO2)c1. The van der Waals surface area contributed by atoms with Gasteiger partial charge in [0.25, 0.3) is 0 Å². The van der Waals surface area contributed by atoms with Crippen LogP contribution in [0.1, 0.15) is 24.0 Å². The number of hydrogen-bond acceptors (Lipinski definition) is 1. The van der Waals surface area contributed by atoms with Gasteiger partial charge in [0, 0.05) is 12.2 Å². The topological polar surface area (TPSA) is 25.8 Å². The molecule has 0 aliphatic carbocycles. The summed E-state index contributed by atoms with van der Waals surface area (Å²) in [6.45, 7) is 5.28. The van der Waals surface area contributed by atoms with Crippen LogP contribution in [0, 0.1) is 6.92 Å². The summed E-state index contributed by atoms with van der Waals surface area (Å²) < 4.78 is 5.58. The molecule has 1 saturated heterocycles. The summed E-state index contributed by atoms with van der Waals surface area (Å²) in [5, 5.41) is 2.35. The third-order valence-corrected chi connectivity index (χ3v) is 2.92. The largest absolute Gasteiger partial charge is 0.372 e. The highest BCUT2D eigenvalue weighted by molar-refractivity contribution is 5.21. The first kappa shape index (κ1) is 10.7. The summed E-state index contributed by atoms with van der Waals surface area (Å²) in [5.41, 5.74) is 2.76. The minimum atomic E-state index is 0.495. The molecule has 1 aromatic rings. The number of quaternary nitrogens is 1. The average Bonchev–Trinajstić information content (AvgIpc) is 2.71. The Balaban J connectivity index is 1.73. The maximum Gasteiger partial charge on any atom is 0.106 e. The Kier molecular flexibility index (Phi) is 3.75. The maximum absolute atomic E-state index is 5.58. The first-order chi connectivity index (χ1) is 7.34. The molecule has 0 unspecified atom stereocenters. The van der Waals surface area contributed by atoms with Crippen LogP contribution in [0.4, 0.5) is 0 Å². The Morgan fingerprint density at radius 3 is 3.13 bits per heavy atom. The summed E-state index contributed by atoms with van der Waals surface area (Å²) in [7, 11) is 0. The van der Waals surface area contributed by atoms with E-state index in [1.807, 2.05) is 0 Å². The van der Waals surface area contributed by atoms with E-state index in [2.05, 4.69) is 36.5 Å². The van der Waals surface area contributed by atoms with Crippen LogP contribution in [0.5, 0.6) is 0 Å². The van der Waals surface area contributed by atoms with Crippen LogP contribution < -0.4 is 5.32 Å². The van der Waals surface area contributed by atoms with Gasteiger partial charge in [-0.15, -0.1) is 0 Å². The second-order valence-electron chi connectivity index (χ2n) is 4.35. The average molecular weight is 206 g/mol. The molecule has 0 radical (unpaired) electrons. The van der Waals surface area contributed by atoms with Crippen LogP contribution in [-0.2, 0) is 11.3 Å². The summed E-state index contributed by atoms with van der Waals surface area (Å²) >= 11 is 0. The number of nitrogens with two attached hydrogens (primary N) is 1. The predicted octanol–water partition coefficient (Wildman–Crippen LogP) is 1.24. The van der Waals surface area contributed by atoms with Crippen molar-refractivity contribution >= 4 is 0 Å². The van der Waals surface area contributed by atoms with Gasteiger partial charge in [-0.05, 0) is 19.8 Å². The first-order valence-electron chi connectivity index (χ1n) is 5.83. The molecule has 1 aromatic carbocycles. The molecule has 2 rings (SSSR count). The highest BCUT2D eigenvalue weighted by Gasteiger charge is 2.16. The zero-order chi connectivity index (χ0) is 10.5. The molecule has 0 bridgehead atoms. The van der Waals surface area contributed by atoms with Crippen molar-refractivity contribution in [3.8, 4) is 0 Å². The Labute approximate surface area is 91.6 Å². The van der Waals surface area contributed by atoms with E-state index in [0.717, 1.165) is 19.7 Å². The van der Waals surface area contributed by atoms with Crippen LogP contribution in [0.3, 0.4) is 0 Å². The fourth-order valence-corrected chi connectivity index (χ4v) is 2.11. The Bertz CT molecular complexity index is 305. The van der Waals surface area contributed by atoms with E-state index in [-0.39, 0.29) is 0 Å². The first-order valence-corrected chi connectivity index (χ1v) is 5.83. The van der Waals surface area contributed by atoms with Gasteiger partial charge < -0.3 is 10.1 Å². The molecule has 1 aliphatic heterocycles. The smallest absolute Gasteiger partial charge is 0.106 e. The molecule has 2 heteroatoms. The van der Waals surface area contributed by atoms with E-state index >= 15 is 0 Å². The van der Waals surface area contributed by atoms with E-state index < -0.39 is 0 Å². The minimum absolute atomic E-state index is 0.495. The van der Waals surface area contributed by atoms with Gasteiger partial charge in [-0.2, -0.15) is 0 Å². The Hall–Kier alpha value is -0.860. The molecule has 0 spiro atoms. The molecule has 15 heavy (non-hydrogen) atoms. The Morgan fingerprint density at radius 2 is 2.40 bits per heavy atom. The van der Waals surface area contributed by atoms with E-state index in [1.54, 1.807) is 0 Å². The summed E-state index contributed by atoms with van der Waals surface area (Å²) in [6.07, 6.45) is 2.97. The van der Waals surface area contributed by atoms with Crippen molar-refractivity contribution in [3.63, 3.8) is 0 Å². The van der Waals surface area contributed by atoms with Gasteiger partial charge in [0.15, 0.2) is 0 Å². The van der Waals surface area contributed by atoms with Gasteiger partial charge in [0.1, 0.15) is 19.2 Å². The van der Waals surface area contributed by atoms with Gasteiger partial charge >= 0.3 is 0 Å². The number of hydrogen-bond donors (Lipinski definition) is 1. The van der Waals surface area contributed by atoms with Crippen molar-refractivity contribution in [3.05, 3.63) is 35.4 Å². The van der Waals surface area contributed by atoms with Crippen molar-refractivity contribution in [2.45, 2.75) is 32.4 Å². The van der Waals surface area contributed by atoms with Crippen molar-refractivity contribution in [2.24, 2.45) is 0 Å². The summed E-state index contributed by atoms with van der Waals surface area (Å²) in [5.74, 6) is 0. The van der Waals surface area contributed by atoms with Gasteiger partial charge in [0.2, 0.25) is 0 Å². The van der Waals surface area contributed by atoms with Gasteiger partial charge in [-0.1, -0.05) is 29.8 Å². The van der Waals surface area contributed by atoms with E-state index in [0.29, 0.717) is 6.10 Å². The lowest BCUT2D eigenvalue weighted by Crippen LogP contribution is -2.84. The van der Waals surface area contributed by atoms with E-state index in [4.69, 9.17) is 4.74 Å². The quantitative estimate of drug-likeness (QED) is 0.788. The number of ether oxygens (including phenoxy) is 1. The molecule has 1 atom stereocenters. The molecule has 0 amide bonds. The molecule has 0 aromatic heterocycles. The third-order valence-electron chi connectivity index (χ3n) is 2.92. The van der Waals surface area contributed by atoms with Crippen LogP contribution in [0.15, 0.2) is 24.3 Å². The second kappa shape index (κ2) is 5.29. The standard InChI is InChI=1S/C13H19NO/c1-11-4-2-5-12(8-11)9-14-10-13-6-3-7-15-13/h2,4-5,8,13-14H,3,6-7,9-10H2,1H3/p+1/t13-/m0/s1. The molecular weight excluding hydrogens is 186 g/mol. The summed E-state index contributed by atoms with van der Waals surface area (Å²) in [4.78, 5) is 0. The fraction of sp³-hybridized carbons (Fsp3) is 0.538. The van der Waals surface area contributed by atoms with E-state index in [9.17, 15) is 0 Å². The lowest BCUT2D eigenvalue weighted by Gasteiger charge is -2.08. The zero-order valence-electron chi connectivity index (χ0n) is 9.41. The van der Waals surface area contributed by atoms with Gasteiger partial charge in [-0.25, -0.2) is 0 Å². The second-order valence-corrected chi connectivity index (χ2v) is 4.35. The highest BCUT2D eigenvalue weighted by Crippen LogP contribution is 2.09. The van der Waals surface area contributed by atoms with Crippen molar-refractivity contribution in [1.29, 1.82) is 0 Å². The van der Waals surface area contributed by atoms with Crippen LogP contribution in [-0.4, -0.2) is 19.3 Å². The maximum atomic E-state index is 5.58. The van der Waals surface area contributed by atoms with Crippen LogP contribution in [0.2, 0.25) is 0 Å². The summed E-state index contributed by atoms with van der Waals surface area (Å²) in [6, 6.07) is 8.72. The monoisotopic (exact) mass is 206 g/mol. The lowest BCUT2D eigenvalue weighted by molar-refractivity contribution is -0.676. The van der Waals surface area contributed by atoms with Crippen LogP contribution >= 0.6 is 0 Å². The molecule has 1 heterocycles. The molecule has 1 fully saturated rings. The molecule has 1 aliphatic rings. The lowest BCUT2D eigenvalue weighted by atomic mass is 10.1. The molecular formula is C13H20NO+. The van der Waals surface area contributed by atoms with Crippen molar-refractivity contribution < 1.29 is 10.1 Å². The molecule has 0 saturated carbocycles. The van der Waals surface area contributed by atoms with E-state index in [1.165, 1.54) is 24.0 Å². The minimum Gasteiger partial charge on any atom is -0.372 e. The Morgan fingerprint density at radius 1 is 1.47 bits per heavy atom. The molecule has 82 valence electrons. The third kappa shape index (κ3) is 3.33. The normalized spacial score (nSPS) is 20.7. The van der Waals surface area contributed by atoms with Crippen molar-refractivity contribution in [1.82, 2.24) is 0 Å². The highest BCUT2D eigenvalue weighted by atomic mass is 16.5. The molecule has 2 nitrogen and oxygen atoms in total. The zero-order valence-corrected chi connectivity index (χ0v) is 9.41. The number of rotatable bonds is 4. The number of benzene rings is 1. The molecule has 2 N–H and O–H groups in total. The van der Waals surface area contributed by atoms with Crippen molar-refractivity contribution in [2.75, 3.05) is 13.2 Å². The number of aryl methyl sites for hydroxylation is 1. The fourth-order valence-electron chi connectivity index (χ4n) is 2.11. The van der Waals surface area contributed by atoms with Gasteiger partial charge in [0.05, 0.1) is 0 Å². The van der Waals surface area contributed by atoms with Crippen LogP contribution in [0.25, 0.3) is 0 Å². The van der Waals surface area contributed by atoms with Gasteiger partial charge in [-0.3, -0.25) is 0 Å².